The molecule has 1 aromatic carbocycles. The Bertz CT molecular complexity index is 1090. The summed E-state index contributed by atoms with van der Waals surface area (Å²) in [6, 6.07) is 11.3. The number of nitrogens with one attached hydrogen (secondary N) is 1. The van der Waals surface area contributed by atoms with E-state index in [0.717, 1.165) is 48.7 Å². The summed E-state index contributed by atoms with van der Waals surface area (Å²) in [7, 11) is 1.62. The van der Waals surface area contributed by atoms with E-state index in [-0.39, 0.29) is 17.2 Å². The Balaban J connectivity index is 1.25. The fraction of sp³-hybridized carbons (Fsp3) is 0.375. The van der Waals surface area contributed by atoms with Crippen LogP contribution in [0.5, 0.6) is 5.88 Å². The van der Waals surface area contributed by atoms with E-state index in [4.69, 9.17) is 16.3 Å². The van der Waals surface area contributed by atoms with E-state index in [0.29, 0.717) is 16.8 Å². The molecule has 30 heavy (non-hydrogen) atoms. The molecule has 2 fully saturated rings. The van der Waals surface area contributed by atoms with E-state index in [9.17, 15) is 4.79 Å². The summed E-state index contributed by atoms with van der Waals surface area (Å²) >= 11 is 5.93. The van der Waals surface area contributed by atoms with Crippen LogP contribution in [0.3, 0.4) is 0 Å². The van der Waals surface area contributed by atoms with Crippen molar-refractivity contribution in [1.82, 2.24) is 9.97 Å². The minimum Gasteiger partial charge on any atom is -0.481 e. The average Bonchev–Trinajstić information content (AvgIpc) is 3.48. The lowest BCUT2D eigenvalue weighted by molar-refractivity contribution is -0.118. The quantitative estimate of drug-likeness (QED) is 0.596. The molecule has 0 aliphatic heterocycles. The molecule has 0 bridgehead atoms. The number of methoxy groups -OCH3 is 1. The van der Waals surface area contributed by atoms with Crippen LogP contribution in [0.25, 0.3) is 10.9 Å². The van der Waals surface area contributed by atoms with Gasteiger partial charge in [-0.25, -0.2) is 4.98 Å². The van der Waals surface area contributed by atoms with Gasteiger partial charge in [0, 0.05) is 40.5 Å². The zero-order valence-corrected chi connectivity index (χ0v) is 17.7. The van der Waals surface area contributed by atoms with Gasteiger partial charge in [0.2, 0.25) is 11.8 Å². The molecule has 6 heteroatoms. The van der Waals surface area contributed by atoms with Crippen LogP contribution in [0.15, 0.2) is 48.8 Å². The summed E-state index contributed by atoms with van der Waals surface area (Å²) in [5.41, 5.74) is 3.22. The molecule has 2 aliphatic rings. The van der Waals surface area contributed by atoms with Gasteiger partial charge < -0.3 is 10.1 Å². The van der Waals surface area contributed by atoms with Crippen LogP contribution in [0.1, 0.15) is 43.6 Å². The Morgan fingerprint density at radius 1 is 1.17 bits per heavy atom. The Labute approximate surface area is 180 Å². The van der Waals surface area contributed by atoms with Crippen molar-refractivity contribution >= 4 is 34.1 Å². The summed E-state index contributed by atoms with van der Waals surface area (Å²) in [6.45, 7) is 0. The predicted molar refractivity (Wildman–Crippen MR) is 118 cm³/mol. The van der Waals surface area contributed by atoms with Crippen molar-refractivity contribution in [2.75, 3.05) is 12.4 Å². The first-order valence-electron chi connectivity index (χ1n) is 10.4. The molecule has 1 atom stereocenters. The lowest BCUT2D eigenvalue weighted by Crippen LogP contribution is -2.22. The Morgan fingerprint density at radius 2 is 1.93 bits per heavy atom. The van der Waals surface area contributed by atoms with Crippen molar-refractivity contribution in [1.29, 1.82) is 0 Å². The van der Waals surface area contributed by atoms with Gasteiger partial charge in [-0.2, -0.15) is 0 Å². The second-order valence-electron chi connectivity index (χ2n) is 8.53. The van der Waals surface area contributed by atoms with Crippen molar-refractivity contribution < 1.29 is 9.53 Å². The molecular formula is C24H24ClN3O2. The highest BCUT2D eigenvalue weighted by molar-refractivity contribution is 6.30. The van der Waals surface area contributed by atoms with E-state index in [2.05, 4.69) is 21.4 Å². The molecular weight excluding hydrogens is 398 g/mol. The zero-order chi connectivity index (χ0) is 20.7. The van der Waals surface area contributed by atoms with Gasteiger partial charge in [-0.15, -0.1) is 0 Å². The fourth-order valence-electron chi connectivity index (χ4n) is 5.05. The zero-order valence-electron chi connectivity index (χ0n) is 16.9. The molecule has 1 spiro atoms. The molecule has 1 N–H and O–H groups in total. The maximum Gasteiger partial charge on any atom is 0.228 e. The van der Waals surface area contributed by atoms with Gasteiger partial charge in [0.25, 0.3) is 0 Å². The first kappa shape index (κ1) is 19.3. The summed E-state index contributed by atoms with van der Waals surface area (Å²) in [6.07, 6.45) is 9.11. The Morgan fingerprint density at radius 3 is 2.67 bits per heavy atom. The van der Waals surface area contributed by atoms with Gasteiger partial charge in [0.05, 0.1) is 12.6 Å². The fourth-order valence-corrected chi connectivity index (χ4v) is 5.17. The average molecular weight is 422 g/mol. The van der Waals surface area contributed by atoms with Gasteiger partial charge >= 0.3 is 0 Å². The Hall–Kier alpha value is -2.66. The summed E-state index contributed by atoms with van der Waals surface area (Å²) in [5.74, 6) is 1.33. The topological polar surface area (TPSA) is 64.1 Å². The number of rotatable bonds is 4. The maximum absolute atomic E-state index is 12.7. The molecule has 0 unspecified atom stereocenters. The van der Waals surface area contributed by atoms with Gasteiger partial charge in [0.15, 0.2) is 0 Å². The number of carbonyl (C=O) groups excluding carboxylic acids is 1. The van der Waals surface area contributed by atoms with Gasteiger partial charge in [-0.1, -0.05) is 11.6 Å². The predicted octanol–water partition coefficient (Wildman–Crippen LogP) is 5.59. The van der Waals surface area contributed by atoms with Crippen LogP contribution in [-0.2, 0) is 4.79 Å². The molecule has 154 valence electrons. The third-order valence-electron chi connectivity index (χ3n) is 6.88. The highest BCUT2D eigenvalue weighted by Gasteiger charge is 2.58. The SMILES string of the molecule is COc1cc2nccc([C@H]3CC[C@@]4(CC3)C[C@@H]4C(=O)Nc3ccc(Cl)cc3)c2cn1. The number of fused-ring (bicyclic) bond motifs is 1. The number of aromatic nitrogens is 2. The van der Waals surface area contributed by atoms with Gasteiger partial charge in [-0.05, 0) is 79.3 Å². The lowest BCUT2D eigenvalue weighted by Gasteiger charge is -2.30. The second kappa shape index (κ2) is 7.55. The minimum absolute atomic E-state index is 0.120. The molecule has 1 amide bonds. The molecule has 2 aromatic heterocycles. The summed E-state index contributed by atoms with van der Waals surface area (Å²) < 4.78 is 5.23. The van der Waals surface area contributed by atoms with E-state index in [1.807, 2.05) is 30.6 Å². The van der Waals surface area contributed by atoms with E-state index < -0.39 is 0 Å². The van der Waals surface area contributed by atoms with Crippen LogP contribution in [0.4, 0.5) is 5.69 Å². The highest BCUT2D eigenvalue weighted by Crippen LogP contribution is 2.63. The van der Waals surface area contributed by atoms with E-state index in [1.54, 1.807) is 19.2 Å². The number of amides is 1. The van der Waals surface area contributed by atoms with E-state index in [1.165, 1.54) is 5.56 Å². The van der Waals surface area contributed by atoms with Gasteiger partial charge in [-0.3, -0.25) is 9.78 Å². The highest BCUT2D eigenvalue weighted by atomic mass is 35.5. The van der Waals surface area contributed by atoms with Crippen molar-refractivity contribution in [2.24, 2.45) is 11.3 Å². The first-order chi connectivity index (χ1) is 14.6. The minimum atomic E-state index is 0.120. The van der Waals surface area contributed by atoms with Crippen molar-refractivity contribution in [3.63, 3.8) is 0 Å². The third-order valence-corrected chi connectivity index (χ3v) is 7.14. The monoisotopic (exact) mass is 421 g/mol. The molecule has 2 heterocycles. The Kier molecular flexibility index (Phi) is 4.86. The first-order valence-corrected chi connectivity index (χ1v) is 10.8. The molecule has 5 rings (SSSR count). The number of pyridine rings is 2. The number of hydrogen-bond acceptors (Lipinski definition) is 4. The number of ether oxygens (including phenoxy) is 1. The molecule has 0 saturated heterocycles. The standard InChI is InChI=1S/C24H24ClN3O2/c1-30-22-12-21-19(14-27-22)18(8-11-26-21)15-6-9-24(10-7-15)13-20(24)23(29)28-17-4-2-16(25)3-5-17/h2-5,8,11-12,14-15,20H,6-7,9-10,13H2,1H3,(H,28,29)/t15-,20-,24+/m1/s1. The summed E-state index contributed by atoms with van der Waals surface area (Å²) in [5, 5.41) is 4.83. The molecule has 2 aliphatic carbocycles. The second-order valence-corrected chi connectivity index (χ2v) is 8.97. The number of nitrogens with zero attached hydrogens (tertiary/aromatic N) is 2. The van der Waals surface area contributed by atoms with Crippen LogP contribution < -0.4 is 10.1 Å². The smallest absolute Gasteiger partial charge is 0.228 e. The van der Waals surface area contributed by atoms with Crippen molar-refractivity contribution in [3.05, 3.63) is 59.4 Å². The van der Waals surface area contributed by atoms with Crippen LogP contribution in [0, 0.1) is 11.3 Å². The number of benzene rings is 1. The number of carbonyl (C=O) groups is 1. The third kappa shape index (κ3) is 3.52. The van der Waals surface area contributed by atoms with Crippen molar-refractivity contribution in [3.8, 4) is 5.88 Å². The largest absolute Gasteiger partial charge is 0.481 e. The molecule has 5 nitrogen and oxygen atoms in total. The maximum atomic E-state index is 12.7. The lowest BCUT2D eigenvalue weighted by atomic mass is 9.75. The summed E-state index contributed by atoms with van der Waals surface area (Å²) in [4.78, 5) is 21.6. The normalized spacial score (nSPS) is 25.3. The van der Waals surface area contributed by atoms with Crippen molar-refractivity contribution in [2.45, 2.75) is 38.0 Å². The number of hydrogen-bond donors (Lipinski definition) is 1. The van der Waals surface area contributed by atoms with E-state index >= 15 is 0 Å². The van der Waals surface area contributed by atoms with Crippen LogP contribution in [0.2, 0.25) is 5.02 Å². The van der Waals surface area contributed by atoms with Gasteiger partial charge in [0.1, 0.15) is 0 Å². The van der Waals surface area contributed by atoms with Crippen LogP contribution in [-0.4, -0.2) is 23.0 Å². The molecule has 0 radical (unpaired) electrons. The number of halogens is 1. The molecule has 3 aromatic rings. The number of anilines is 1. The molecule has 2 saturated carbocycles. The van der Waals surface area contributed by atoms with Crippen LogP contribution >= 0.6 is 11.6 Å².